The highest BCUT2D eigenvalue weighted by atomic mass is 32.1. The standard InChI is InChI=1S/C13H17FN4S/c1-3-11-13(19-18-17-11)12(16-15)7-9-4-5-10(14)6-8(9)2/h4-6,12,16H,3,7,15H2,1-2H3. The number of halogens is 1. The first-order valence-electron chi connectivity index (χ1n) is 6.18. The van der Waals surface area contributed by atoms with Crippen molar-refractivity contribution in [3.8, 4) is 0 Å². The summed E-state index contributed by atoms with van der Waals surface area (Å²) in [6.45, 7) is 3.94. The van der Waals surface area contributed by atoms with Crippen LogP contribution in [0.5, 0.6) is 0 Å². The summed E-state index contributed by atoms with van der Waals surface area (Å²) in [5.74, 6) is 5.43. The summed E-state index contributed by atoms with van der Waals surface area (Å²) in [7, 11) is 0. The molecule has 4 nitrogen and oxygen atoms in total. The molecule has 102 valence electrons. The average Bonchev–Trinajstić information content (AvgIpc) is 2.86. The first kappa shape index (κ1) is 14.0. The number of hydrogen-bond donors (Lipinski definition) is 2. The molecule has 6 heteroatoms. The molecule has 19 heavy (non-hydrogen) atoms. The molecule has 1 unspecified atom stereocenters. The number of nitrogens with two attached hydrogens (primary N) is 1. The molecule has 0 spiro atoms. The zero-order valence-corrected chi connectivity index (χ0v) is 11.8. The molecule has 1 atom stereocenters. The third-order valence-corrected chi connectivity index (χ3v) is 4.05. The van der Waals surface area contributed by atoms with Gasteiger partial charge in [0.25, 0.3) is 0 Å². The summed E-state index contributed by atoms with van der Waals surface area (Å²) in [6, 6.07) is 4.77. The van der Waals surface area contributed by atoms with E-state index in [4.69, 9.17) is 5.84 Å². The van der Waals surface area contributed by atoms with Gasteiger partial charge in [0.2, 0.25) is 0 Å². The zero-order chi connectivity index (χ0) is 13.8. The molecule has 0 aliphatic carbocycles. The molecule has 0 aliphatic rings. The van der Waals surface area contributed by atoms with Crippen LogP contribution >= 0.6 is 11.5 Å². The van der Waals surface area contributed by atoms with Crippen molar-refractivity contribution in [2.75, 3.05) is 0 Å². The van der Waals surface area contributed by atoms with Crippen molar-refractivity contribution in [2.24, 2.45) is 5.84 Å². The summed E-state index contributed by atoms with van der Waals surface area (Å²) in [5.41, 5.74) is 5.77. The second-order valence-electron chi connectivity index (χ2n) is 4.43. The minimum atomic E-state index is -0.216. The molecule has 1 aromatic heterocycles. The number of benzene rings is 1. The van der Waals surface area contributed by atoms with Crippen LogP contribution in [-0.4, -0.2) is 9.59 Å². The second-order valence-corrected chi connectivity index (χ2v) is 5.22. The fourth-order valence-corrected chi connectivity index (χ4v) is 2.86. The van der Waals surface area contributed by atoms with Crippen molar-refractivity contribution in [3.05, 3.63) is 45.7 Å². The number of rotatable bonds is 5. The highest BCUT2D eigenvalue weighted by Gasteiger charge is 2.18. The Balaban J connectivity index is 2.24. The minimum absolute atomic E-state index is 0.0425. The van der Waals surface area contributed by atoms with E-state index in [1.54, 1.807) is 6.07 Å². The van der Waals surface area contributed by atoms with Crippen LogP contribution in [0.4, 0.5) is 4.39 Å². The summed E-state index contributed by atoms with van der Waals surface area (Å²) < 4.78 is 17.1. The second kappa shape index (κ2) is 6.18. The third kappa shape index (κ3) is 3.15. The Morgan fingerprint density at radius 2 is 2.26 bits per heavy atom. The maximum atomic E-state index is 13.1. The first-order valence-corrected chi connectivity index (χ1v) is 6.95. The quantitative estimate of drug-likeness (QED) is 0.651. The Morgan fingerprint density at radius 1 is 1.47 bits per heavy atom. The van der Waals surface area contributed by atoms with Crippen LogP contribution in [0.1, 0.15) is 34.7 Å². The predicted molar refractivity (Wildman–Crippen MR) is 74.2 cm³/mol. The van der Waals surface area contributed by atoms with Crippen molar-refractivity contribution in [2.45, 2.75) is 32.7 Å². The Kier molecular flexibility index (Phi) is 4.57. The SMILES string of the molecule is CCc1nnsc1C(Cc1ccc(F)cc1C)NN. The van der Waals surface area contributed by atoms with Gasteiger partial charge in [0, 0.05) is 0 Å². The molecule has 0 radical (unpaired) electrons. The van der Waals surface area contributed by atoms with Gasteiger partial charge < -0.3 is 0 Å². The maximum Gasteiger partial charge on any atom is 0.123 e. The fraction of sp³-hybridized carbons (Fsp3) is 0.385. The Labute approximate surface area is 116 Å². The summed E-state index contributed by atoms with van der Waals surface area (Å²) >= 11 is 1.36. The Bertz CT molecular complexity index is 555. The molecule has 1 heterocycles. The number of nitrogens with zero attached hydrogens (tertiary/aromatic N) is 2. The van der Waals surface area contributed by atoms with Gasteiger partial charge in [-0.25, -0.2) is 4.39 Å². The van der Waals surface area contributed by atoms with Crippen LogP contribution in [0.15, 0.2) is 18.2 Å². The smallest absolute Gasteiger partial charge is 0.123 e. The molecule has 0 saturated carbocycles. The van der Waals surface area contributed by atoms with Gasteiger partial charge in [0.1, 0.15) is 5.82 Å². The largest absolute Gasteiger partial charge is 0.271 e. The first-order chi connectivity index (χ1) is 9.15. The van der Waals surface area contributed by atoms with Crippen molar-refractivity contribution < 1.29 is 4.39 Å². The van der Waals surface area contributed by atoms with E-state index in [1.165, 1.54) is 23.7 Å². The molecule has 0 amide bonds. The lowest BCUT2D eigenvalue weighted by atomic mass is 9.99. The van der Waals surface area contributed by atoms with Crippen molar-refractivity contribution in [3.63, 3.8) is 0 Å². The lowest BCUT2D eigenvalue weighted by Crippen LogP contribution is -2.29. The van der Waals surface area contributed by atoms with E-state index in [2.05, 4.69) is 15.0 Å². The van der Waals surface area contributed by atoms with E-state index in [0.717, 1.165) is 28.1 Å². The maximum absolute atomic E-state index is 13.1. The highest BCUT2D eigenvalue weighted by molar-refractivity contribution is 7.05. The molecule has 1 aromatic carbocycles. The van der Waals surface area contributed by atoms with Crippen LogP contribution < -0.4 is 11.3 Å². The molecule has 2 aromatic rings. The van der Waals surface area contributed by atoms with Crippen molar-refractivity contribution >= 4 is 11.5 Å². The van der Waals surface area contributed by atoms with Crippen LogP contribution in [-0.2, 0) is 12.8 Å². The van der Waals surface area contributed by atoms with Gasteiger partial charge >= 0.3 is 0 Å². The van der Waals surface area contributed by atoms with Crippen LogP contribution in [0.3, 0.4) is 0 Å². The zero-order valence-electron chi connectivity index (χ0n) is 11.0. The fourth-order valence-electron chi connectivity index (χ4n) is 2.06. The lowest BCUT2D eigenvalue weighted by molar-refractivity contribution is 0.552. The van der Waals surface area contributed by atoms with Gasteiger partial charge in [0.05, 0.1) is 16.6 Å². The van der Waals surface area contributed by atoms with E-state index in [0.29, 0.717) is 6.42 Å². The normalized spacial score (nSPS) is 12.6. The third-order valence-electron chi connectivity index (χ3n) is 3.17. The van der Waals surface area contributed by atoms with Gasteiger partial charge in [-0.15, -0.1) is 5.10 Å². The topological polar surface area (TPSA) is 63.8 Å². The van der Waals surface area contributed by atoms with Crippen LogP contribution in [0.2, 0.25) is 0 Å². The number of hydrazine groups is 1. The molecule has 0 bridgehead atoms. The van der Waals surface area contributed by atoms with Gasteiger partial charge in [-0.05, 0) is 54.6 Å². The van der Waals surface area contributed by atoms with Crippen molar-refractivity contribution in [1.82, 2.24) is 15.0 Å². The van der Waals surface area contributed by atoms with Crippen LogP contribution in [0, 0.1) is 12.7 Å². The van der Waals surface area contributed by atoms with Gasteiger partial charge in [-0.3, -0.25) is 11.3 Å². The average molecular weight is 280 g/mol. The van der Waals surface area contributed by atoms with Crippen molar-refractivity contribution in [1.29, 1.82) is 0 Å². The van der Waals surface area contributed by atoms with E-state index in [1.807, 2.05) is 13.8 Å². The number of hydrogen-bond acceptors (Lipinski definition) is 5. The predicted octanol–water partition coefficient (Wildman–Crippen LogP) is 2.30. The summed E-state index contributed by atoms with van der Waals surface area (Å²) in [5, 5.41) is 4.09. The molecule has 3 N–H and O–H groups in total. The molecular formula is C13H17FN4S. The number of aromatic nitrogens is 2. The van der Waals surface area contributed by atoms with Gasteiger partial charge in [0.15, 0.2) is 0 Å². The lowest BCUT2D eigenvalue weighted by Gasteiger charge is -2.16. The highest BCUT2D eigenvalue weighted by Crippen LogP contribution is 2.25. The van der Waals surface area contributed by atoms with Crippen LogP contribution in [0.25, 0.3) is 0 Å². The van der Waals surface area contributed by atoms with E-state index < -0.39 is 0 Å². The van der Waals surface area contributed by atoms with E-state index in [9.17, 15) is 4.39 Å². The molecular weight excluding hydrogens is 263 g/mol. The Morgan fingerprint density at radius 3 is 2.89 bits per heavy atom. The minimum Gasteiger partial charge on any atom is -0.271 e. The molecule has 0 saturated heterocycles. The molecule has 0 fully saturated rings. The monoisotopic (exact) mass is 280 g/mol. The Hall–Kier alpha value is -1.37. The molecule has 0 aliphatic heterocycles. The van der Waals surface area contributed by atoms with E-state index in [-0.39, 0.29) is 11.9 Å². The van der Waals surface area contributed by atoms with Gasteiger partial charge in [-0.1, -0.05) is 17.5 Å². The number of nitrogens with one attached hydrogen (secondary N) is 1. The summed E-state index contributed by atoms with van der Waals surface area (Å²) in [6.07, 6.45) is 1.52. The van der Waals surface area contributed by atoms with E-state index >= 15 is 0 Å². The van der Waals surface area contributed by atoms with Gasteiger partial charge in [-0.2, -0.15) is 0 Å². The summed E-state index contributed by atoms with van der Waals surface area (Å²) in [4.78, 5) is 1.05. The number of aryl methyl sites for hydroxylation is 2. The molecule has 2 rings (SSSR count).